The second kappa shape index (κ2) is 3.79. The van der Waals surface area contributed by atoms with Crippen molar-refractivity contribution in [1.29, 1.82) is 0 Å². The van der Waals surface area contributed by atoms with E-state index in [4.69, 9.17) is 16.8 Å². The predicted octanol–water partition coefficient (Wildman–Crippen LogP) is 2.55. The van der Waals surface area contributed by atoms with Crippen LogP contribution >= 0.6 is 11.6 Å². The normalized spacial score (nSPS) is 19.4. The minimum atomic E-state index is 0.749. The summed E-state index contributed by atoms with van der Waals surface area (Å²) in [6, 6.07) is 0. The number of halogens is 1. The first-order valence-corrected chi connectivity index (χ1v) is 4.11. The van der Waals surface area contributed by atoms with E-state index in [2.05, 4.69) is 5.48 Å². The van der Waals surface area contributed by atoms with Gasteiger partial charge in [0.2, 0.25) is 0 Å². The Bertz CT molecular complexity index is 208. The Morgan fingerprint density at radius 3 is 2.91 bits per heavy atom. The quantitative estimate of drug-likeness (QED) is 0.629. The molecule has 0 atom stereocenters. The van der Waals surface area contributed by atoms with E-state index in [1.54, 1.807) is 0 Å². The molecule has 0 aromatic carbocycles. The average Bonchev–Trinajstić information content (AvgIpc) is 2.50. The molecule has 11 heavy (non-hydrogen) atoms. The summed E-state index contributed by atoms with van der Waals surface area (Å²) < 4.78 is 0. The van der Waals surface area contributed by atoms with Crippen LogP contribution in [-0.2, 0) is 0 Å². The van der Waals surface area contributed by atoms with Gasteiger partial charge in [0.05, 0.1) is 0 Å². The summed E-state index contributed by atoms with van der Waals surface area (Å²) in [6.45, 7) is 1.89. The maximum atomic E-state index is 8.69. The molecule has 1 rings (SSSR count). The second-order valence-electron chi connectivity index (χ2n) is 2.56. The molecule has 0 aromatic heterocycles. The Morgan fingerprint density at radius 2 is 2.36 bits per heavy atom. The van der Waals surface area contributed by atoms with Crippen molar-refractivity contribution < 1.29 is 5.21 Å². The third-order valence-electron chi connectivity index (χ3n) is 1.89. The molecule has 0 saturated carbocycles. The van der Waals surface area contributed by atoms with E-state index in [0.29, 0.717) is 0 Å². The van der Waals surface area contributed by atoms with Gasteiger partial charge >= 0.3 is 0 Å². The number of hydrogen-bond donors (Lipinski definition) is 2. The Balaban J connectivity index is 2.83. The molecule has 3 heteroatoms. The van der Waals surface area contributed by atoms with Crippen molar-refractivity contribution in [3.63, 3.8) is 0 Å². The lowest BCUT2D eigenvalue weighted by molar-refractivity contribution is 0.197. The topological polar surface area (TPSA) is 32.3 Å². The average molecular weight is 174 g/mol. The van der Waals surface area contributed by atoms with Gasteiger partial charge in [0.15, 0.2) is 0 Å². The van der Waals surface area contributed by atoms with Crippen LogP contribution in [-0.4, -0.2) is 5.21 Å². The third-order valence-corrected chi connectivity index (χ3v) is 2.34. The maximum absolute atomic E-state index is 8.69. The number of hydrogen-bond acceptors (Lipinski definition) is 2. The van der Waals surface area contributed by atoms with Crippen molar-refractivity contribution in [1.82, 2.24) is 5.48 Å². The Labute approximate surface area is 71.5 Å². The molecule has 2 nitrogen and oxygen atoms in total. The first kappa shape index (κ1) is 8.62. The fourth-order valence-electron chi connectivity index (χ4n) is 1.30. The van der Waals surface area contributed by atoms with Crippen molar-refractivity contribution in [3.05, 3.63) is 22.4 Å². The van der Waals surface area contributed by atoms with Gasteiger partial charge in [0.1, 0.15) is 0 Å². The number of nitrogens with one attached hydrogen (secondary N) is 1. The van der Waals surface area contributed by atoms with Crippen molar-refractivity contribution in [2.75, 3.05) is 0 Å². The van der Waals surface area contributed by atoms with E-state index in [0.717, 1.165) is 35.6 Å². The molecule has 62 valence electrons. The lowest BCUT2D eigenvalue weighted by Gasteiger charge is -2.03. The van der Waals surface area contributed by atoms with Crippen molar-refractivity contribution >= 4 is 11.6 Å². The highest BCUT2D eigenvalue weighted by Gasteiger charge is 2.15. The lowest BCUT2D eigenvalue weighted by Crippen LogP contribution is -2.05. The van der Waals surface area contributed by atoms with E-state index in [1.807, 2.05) is 13.0 Å². The third kappa shape index (κ3) is 1.76. The SMILES string of the molecule is C/C=C(/Cl)C1=C(NO)CCC1. The molecule has 0 bridgehead atoms. The van der Waals surface area contributed by atoms with E-state index in [9.17, 15) is 0 Å². The highest BCUT2D eigenvalue weighted by molar-refractivity contribution is 6.32. The summed E-state index contributed by atoms with van der Waals surface area (Å²) in [6.07, 6.45) is 4.78. The van der Waals surface area contributed by atoms with Crippen LogP contribution in [0, 0.1) is 0 Å². The molecule has 0 unspecified atom stereocenters. The molecule has 1 aliphatic rings. The van der Waals surface area contributed by atoms with Crippen molar-refractivity contribution in [2.24, 2.45) is 0 Å². The summed E-state index contributed by atoms with van der Waals surface area (Å²) in [4.78, 5) is 0. The van der Waals surface area contributed by atoms with Gasteiger partial charge in [-0.2, -0.15) is 0 Å². The standard InChI is InChI=1S/C8H12ClNO/c1-2-7(9)6-4-3-5-8(6)10-11/h2,10-11H,3-5H2,1H3/b7-2+. The van der Waals surface area contributed by atoms with Gasteiger partial charge in [-0.05, 0) is 31.8 Å². The minimum absolute atomic E-state index is 0.749. The zero-order valence-electron chi connectivity index (χ0n) is 6.52. The van der Waals surface area contributed by atoms with Crippen molar-refractivity contribution in [2.45, 2.75) is 26.2 Å². The van der Waals surface area contributed by atoms with Crippen LogP contribution in [0.5, 0.6) is 0 Å². The minimum Gasteiger partial charge on any atom is -0.291 e. The van der Waals surface area contributed by atoms with Crippen LogP contribution in [0.3, 0.4) is 0 Å². The molecule has 1 aliphatic carbocycles. The second-order valence-corrected chi connectivity index (χ2v) is 2.97. The molecule has 0 aliphatic heterocycles. The summed E-state index contributed by atoms with van der Waals surface area (Å²) in [5.41, 5.74) is 4.10. The van der Waals surface area contributed by atoms with Crippen LogP contribution in [0.2, 0.25) is 0 Å². The van der Waals surface area contributed by atoms with E-state index < -0.39 is 0 Å². The number of rotatable bonds is 2. The summed E-state index contributed by atoms with van der Waals surface area (Å²) in [5, 5.41) is 9.44. The van der Waals surface area contributed by atoms with E-state index in [1.165, 1.54) is 0 Å². The van der Waals surface area contributed by atoms with Crippen LogP contribution in [0.4, 0.5) is 0 Å². The number of allylic oxidation sites excluding steroid dienone is 4. The molecule has 0 fully saturated rings. The molecule has 0 amide bonds. The Hall–Kier alpha value is -0.470. The van der Waals surface area contributed by atoms with Gasteiger partial charge in [0, 0.05) is 10.7 Å². The van der Waals surface area contributed by atoms with E-state index in [-0.39, 0.29) is 0 Å². The fourth-order valence-corrected chi connectivity index (χ4v) is 1.51. The molecule has 0 saturated heterocycles. The van der Waals surface area contributed by atoms with Gasteiger partial charge in [0.25, 0.3) is 0 Å². The Kier molecular flexibility index (Phi) is 2.97. The zero-order chi connectivity index (χ0) is 8.27. The maximum Gasteiger partial charge on any atom is 0.0422 e. The predicted molar refractivity (Wildman–Crippen MR) is 45.4 cm³/mol. The zero-order valence-corrected chi connectivity index (χ0v) is 7.28. The monoisotopic (exact) mass is 173 g/mol. The molecule has 0 heterocycles. The highest BCUT2D eigenvalue weighted by Crippen LogP contribution is 2.31. The molecule has 0 aromatic rings. The van der Waals surface area contributed by atoms with Crippen LogP contribution < -0.4 is 5.48 Å². The van der Waals surface area contributed by atoms with Gasteiger partial charge in [-0.1, -0.05) is 17.7 Å². The van der Waals surface area contributed by atoms with Crippen LogP contribution in [0.25, 0.3) is 0 Å². The fraction of sp³-hybridized carbons (Fsp3) is 0.500. The molecule has 0 spiro atoms. The largest absolute Gasteiger partial charge is 0.291 e. The lowest BCUT2D eigenvalue weighted by atomic mass is 10.2. The first-order chi connectivity index (χ1) is 5.29. The Morgan fingerprint density at radius 1 is 1.64 bits per heavy atom. The summed E-state index contributed by atoms with van der Waals surface area (Å²) in [5.74, 6) is 0. The smallest absolute Gasteiger partial charge is 0.0422 e. The molecule has 0 radical (unpaired) electrons. The molecular formula is C8H12ClNO. The van der Waals surface area contributed by atoms with E-state index >= 15 is 0 Å². The van der Waals surface area contributed by atoms with Crippen molar-refractivity contribution in [3.8, 4) is 0 Å². The van der Waals surface area contributed by atoms with Crippen LogP contribution in [0.1, 0.15) is 26.2 Å². The summed E-state index contributed by atoms with van der Waals surface area (Å²) >= 11 is 5.90. The van der Waals surface area contributed by atoms with Gasteiger partial charge in [-0.25, -0.2) is 0 Å². The van der Waals surface area contributed by atoms with Gasteiger partial charge in [-0.15, -0.1) is 0 Å². The van der Waals surface area contributed by atoms with Gasteiger partial charge in [-0.3, -0.25) is 10.7 Å². The number of hydroxylamine groups is 1. The molecular weight excluding hydrogens is 162 g/mol. The van der Waals surface area contributed by atoms with Crippen LogP contribution in [0.15, 0.2) is 22.4 Å². The first-order valence-electron chi connectivity index (χ1n) is 3.74. The summed E-state index contributed by atoms with van der Waals surface area (Å²) in [7, 11) is 0. The van der Waals surface area contributed by atoms with Gasteiger partial charge < -0.3 is 0 Å². The highest BCUT2D eigenvalue weighted by atomic mass is 35.5. The molecule has 2 N–H and O–H groups in total.